The topological polar surface area (TPSA) is 103 Å². The predicted octanol–water partition coefficient (Wildman–Crippen LogP) is 1.64. The van der Waals surface area contributed by atoms with Crippen LogP contribution in [-0.4, -0.2) is 24.6 Å². The van der Waals surface area contributed by atoms with Crippen LogP contribution in [0.4, 0.5) is 5.69 Å². The van der Waals surface area contributed by atoms with Gasteiger partial charge < -0.3 is 5.73 Å². The molecule has 1 aromatic rings. The molecule has 1 saturated carbocycles. The van der Waals surface area contributed by atoms with Crippen LogP contribution in [0.5, 0.6) is 0 Å². The van der Waals surface area contributed by atoms with Gasteiger partial charge in [0.1, 0.15) is 4.90 Å². The molecule has 0 aliphatic heterocycles. The average Bonchev–Trinajstić information content (AvgIpc) is 2.39. The van der Waals surface area contributed by atoms with Gasteiger partial charge in [-0.15, -0.1) is 0 Å². The lowest BCUT2D eigenvalue weighted by molar-refractivity contribution is -0.387. The minimum atomic E-state index is -3.75. The summed E-state index contributed by atoms with van der Waals surface area (Å²) in [5.41, 5.74) is 5.50. The van der Waals surface area contributed by atoms with E-state index in [2.05, 4.69) is 0 Å². The van der Waals surface area contributed by atoms with Gasteiger partial charge in [-0.3, -0.25) is 10.1 Å². The molecule has 0 heterocycles. The van der Waals surface area contributed by atoms with E-state index >= 15 is 0 Å². The molecule has 1 aliphatic rings. The van der Waals surface area contributed by atoms with Gasteiger partial charge in [0.2, 0.25) is 0 Å². The third-order valence-corrected chi connectivity index (χ3v) is 5.86. The molecule has 0 radical (unpaired) electrons. The Bertz CT molecular complexity index is 585. The van der Waals surface area contributed by atoms with Crippen LogP contribution in [0.3, 0.4) is 0 Å². The maximum Gasteiger partial charge on any atom is 0.287 e. The zero-order valence-electron chi connectivity index (χ0n) is 10.4. The molecule has 1 aliphatic carbocycles. The zero-order valence-corrected chi connectivity index (χ0v) is 11.2. The third kappa shape index (κ3) is 2.62. The van der Waals surface area contributed by atoms with Gasteiger partial charge in [0.15, 0.2) is 9.84 Å². The van der Waals surface area contributed by atoms with Crippen LogP contribution in [0.25, 0.3) is 0 Å². The molecule has 0 amide bonds. The van der Waals surface area contributed by atoms with Crippen molar-refractivity contribution in [2.45, 2.75) is 41.9 Å². The van der Waals surface area contributed by atoms with E-state index < -0.39 is 26.1 Å². The van der Waals surface area contributed by atoms with Crippen molar-refractivity contribution < 1.29 is 13.3 Å². The summed E-state index contributed by atoms with van der Waals surface area (Å²) in [4.78, 5) is 10.1. The second-order valence-corrected chi connectivity index (χ2v) is 6.89. The number of nitrogens with two attached hydrogens (primary N) is 1. The number of nitrogens with zero attached hydrogens (tertiary/aromatic N) is 1. The number of para-hydroxylation sites is 1. The van der Waals surface area contributed by atoms with E-state index in [1.807, 2.05) is 0 Å². The van der Waals surface area contributed by atoms with Crippen molar-refractivity contribution in [2.75, 3.05) is 0 Å². The summed E-state index contributed by atoms with van der Waals surface area (Å²) >= 11 is 0. The van der Waals surface area contributed by atoms with E-state index in [1.165, 1.54) is 24.3 Å². The first-order chi connectivity index (χ1) is 8.94. The largest absolute Gasteiger partial charge is 0.327 e. The van der Waals surface area contributed by atoms with Crippen LogP contribution in [0.1, 0.15) is 25.7 Å². The molecular formula is C12H16N2O4S. The molecule has 19 heavy (non-hydrogen) atoms. The van der Waals surface area contributed by atoms with Crippen molar-refractivity contribution >= 4 is 15.5 Å². The molecule has 2 unspecified atom stereocenters. The lowest BCUT2D eigenvalue weighted by Crippen LogP contribution is -2.42. The Kier molecular flexibility index (Phi) is 3.86. The number of benzene rings is 1. The predicted molar refractivity (Wildman–Crippen MR) is 70.5 cm³/mol. The highest BCUT2D eigenvalue weighted by atomic mass is 32.2. The first kappa shape index (κ1) is 14.0. The molecule has 7 heteroatoms. The third-order valence-electron chi connectivity index (χ3n) is 3.52. The highest BCUT2D eigenvalue weighted by molar-refractivity contribution is 7.92. The quantitative estimate of drug-likeness (QED) is 0.671. The Morgan fingerprint density at radius 3 is 2.47 bits per heavy atom. The fourth-order valence-corrected chi connectivity index (χ4v) is 4.62. The summed E-state index contributed by atoms with van der Waals surface area (Å²) in [7, 11) is -3.75. The van der Waals surface area contributed by atoms with Gasteiger partial charge in [-0.05, 0) is 18.9 Å². The Balaban J connectivity index is 2.47. The van der Waals surface area contributed by atoms with Gasteiger partial charge in [0.25, 0.3) is 5.69 Å². The van der Waals surface area contributed by atoms with E-state index in [0.717, 1.165) is 12.8 Å². The molecular weight excluding hydrogens is 268 g/mol. The standard InChI is InChI=1S/C12H16N2O4S/c13-9-5-1-3-7-11(9)19(17,18)12-8-4-2-6-10(12)14(15)16/h2,4,6,8-9,11H,1,3,5,7,13H2. The molecule has 2 N–H and O–H groups in total. The molecule has 1 fully saturated rings. The minimum Gasteiger partial charge on any atom is -0.327 e. The summed E-state index contributed by atoms with van der Waals surface area (Å²) in [6, 6.07) is 5.00. The van der Waals surface area contributed by atoms with Gasteiger partial charge in [-0.2, -0.15) is 0 Å². The van der Waals surface area contributed by atoms with E-state index in [-0.39, 0.29) is 10.6 Å². The second-order valence-electron chi connectivity index (χ2n) is 4.76. The van der Waals surface area contributed by atoms with Crippen LogP contribution < -0.4 is 5.73 Å². The van der Waals surface area contributed by atoms with Crippen molar-refractivity contribution in [3.63, 3.8) is 0 Å². The summed E-state index contributed by atoms with van der Waals surface area (Å²) in [5.74, 6) is 0. The normalized spacial score (nSPS) is 24.1. The van der Waals surface area contributed by atoms with Crippen LogP contribution in [0.2, 0.25) is 0 Å². The number of hydrogen-bond donors (Lipinski definition) is 1. The van der Waals surface area contributed by atoms with Crippen molar-refractivity contribution in [3.05, 3.63) is 34.4 Å². The van der Waals surface area contributed by atoms with Gasteiger partial charge >= 0.3 is 0 Å². The number of nitro groups is 1. The van der Waals surface area contributed by atoms with E-state index in [9.17, 15) is 18.5 Å². The Morgan fingerprint density at radius 2 is 1.84 bits per heavy atom. The van der Waals surface area contributed by atoms with Crippen molar-refractivity contribution in [2.24, 2.45) is 5.73 Å². The molecule has 6 nitrogen and oxygen atoms in total. The van der Waals surface area contributed by atoms with Crippen LogP contribution in [0, 0.1) is 10.1 Å². The molecule has 104 valence electrons. The Labute approximate surface area is 111 Å². The molecule has 2 rings (SSSR count). The lowest BCUT2D eigenvalue weighted by Gasteiger charge is -2.28. The van der Waals surface area contributed by atoms with Crippen LogP contribution in [0.15, 0.2) is 29.2 Å². The second kappa shape index (κ2) is 5.26. The molecule has 0 spiro atoms. The van der Waals surface area contributed by atoms with Gasteiger partial charge in [-0.25, -0.2) is 8.42 Å². The van der Waals surface area contributed by atoms with Gasteiger partial charge in [-0.1, -0.05) is 25.0 Å². The average molecular weight is 284 g/mol. The Hall–Kier alpha value is -1.47. The number of rotatable bonds is 3. The zero-order chi connectivity index (χ0) is 14.0. The summed E-state index contributed by atoms with van der Waals surface area (Å²) in [6.45, 7) is 0. The van der Waals surface area contributed by atoms with E-state index in [0.29, 0.717) is 12.8 Å². The summed E-state index contributed by atoms with van der Waals surface area (Å²) in [6.07, 6.45) is 2.81. The first-order valence-corrected chi connectivity index (χ1v) is 7.72. The molecule has 0 bridgehead atoms. The smallest absolute Gasteiger partial charge is 0.287 e. The van der Waals surface area contributed by atoms with Gasteiger partial charge in [0.05, 0.1) is 10.2 Å². The monoisotopic (exact) mass is 284 g/mol. The maximum atomic E-state index is 12.5. The maximum absolute atomic E-state index is 12.5. The highest BCUT2D eigenvalue weighted by Crippen LogP contribution is 2.32. The number of sulfone groups is 1. The van der Waals surface area contributed by atoms with E-state index in [1.54, 1.807) is 0 Å². The highest BCUT2D eigenvalue weighted by Gasteiger charge is 2.38. The molecule has 2 atom stereocenters. The molecule has 0 aromatic heterocycles. The SMILES string of the molecule is NC1CCCCC1S(=O)(=O)c1ccccc1[N+](=O)[O-]. The minimum absolute atomic E-state index is 0.220. The molecule has 0 saturated heterocycles. The van der Waals surface area contributed by atoms with Crippen LogP contribution >= 0.6 is 0 Å². The summed E-state index contributed by atoms with van der Waals surface area (Å²) < 4.78 is 25.1. The summed E-state index contributed by atoms with van der Waals surface area (Å²) in [5, 5.41) is 10.2. The van der Waals surface area contributed by atoms with Crippen molar-refractivity contribution in [3.8, 4) is 0 Å². The molecule has 1 aromatic carbocycles. The fourth-order valence-electron chi connectivity index (χ4n) is 2.52. The van der Waals surface area contributed by atoms with Crippen LogP contribution in [-0.2, 0) is 9.84 Å². The van der Waals surface area contributed by atoms with Gasteiger partial charge in [0, 0.05) is 12.1 Å². The fraction of sp³-hybridized carbons (Fsp3) is 0.500. The lowest BCUT2D eigenvalue weighted by atomic mass is 9.96. The van der Waals surface area contributed by atoms with E-state index in [4.69, 9.17) is 5.73 Å². The van der Waals surface area contributed by atoms with Crippen molar-refractivity contribution in [1.29, 1.82) is 0 Å². The van der Waals surface area contributed by atoms with Crippen molar-refractivity contribution in [1.82, 2.24) is 0 Å². The number of hydrogen-bond acceptors (Lipinski definition) is 5. The Morgan fingerprint density at radius 1 is 1.21 bits per heavy atom. The first-order valence-electron chi connectivity index (χ1n) is 6.17. The number of nitro benzene ring substituents is 1.